The fourth-order valence-corrected chi connectivity index (χ4v) is 0.675. The zero-order chi connectivity index (χ0) is 8.97. The first kappa shape index (κ1) is 8.32. The molecule has 5 nitrogen and oxygen atoms in total. The standard InChI is InChI=1S/C7H10N4O/c1-5-2-3-6(12-5)4-10-11-7(8)9/h2-4H,1H3,(H4,8,9,11)/b10-4-. The van der Waals surface area contributed by atoms with Crippen LogP contribution < -0.4 is 11.5 Å². The lowest BCUT2D eigenvalue weighted by atomic mass is 10.4. The summed E-state index contributed by atoms with van der Waals surface area (Å²) in [5.74, 6) is 1.37. The maximum absolute atomic E-state index is 5.17. The van der Waals surface area contributed by atoms with Gasteiger partial charge in [0.05, 0.1) is 6.21 Å². The van der Waals surface area contributed by atoms with Gasteiger partial charge in [0.25, 0.3) is 0 Å². The number of guanidine groups is 1. The molecule has 0 aliphatic heterocycles. The number of hydrogen-bond donors (Lipinski definition) is 2. The highest BCUT2D eigenvalue weighted by Crippen LogP contribution is 2.02. The van der Waals surface area contributed by atoms with Crippen LogP contribution >= 0.6 is 0 Å². The summed E-state index contributed by atoms with van der Waals surface area (Å²) in [7, 11) is 0. The van der Waals surface area contributed by atoms with Gasteiger partial charge in [-0.1, -0.05) is 0 Å². The van der Waals surface area contributed by atoms with Crippen LogP contribution in [0, 0.1) is 6.92 Å². The molecule has 0 atom stereocenters. The molecule has 1 aromatic heterocycles. The molecule has 0 saturated heterocycles. The van der Waals surface area contributed by atoms with E-state index in [0.717, 1.165) is 5.76 Å². The van der Waals surface area contributed by atoms with E-state index in [0.29, 0.717) is 5.76 Å². The van der Waals surface area contributed by atoms with Crippen LogP contribution in [0.1, 0.15) is 11.5 Å². The van der Waals surface area contributed by atoms with Gasteiger partial charge in [-0.2, -0.15) is 5.10 Å². The molecule has 0 aromatic carbocycles. The van der Waals surface area contributed by atoms with E-state index in [1.54, 1.807) is 6.07 Å². The van der Waals surface area contributed by atoms with E-state index in [1.807, 2.05) is 13.0 Å². The Bertz CT molecular complexity index is 309. The molecule has 0 radical (unpaired) electrons. The SMILES string of the molecule is Cc1ccc(/C=N\N=C(N)N)o1. The normalized spacial score (nSPS) is 10.4. The fraction of sp³-hybridized carbons (Fsp3) is 0.143. The van der Waals surface area contributed by atoms with Crippen molar-refractivity contribution in [1.82, 2.24) is 0 Å². The van der Waals surface area contributed by atoms with E-state index in [4.69, 9.17) is 15.9 Å². The molecule has 0 spiro atoms. The Labute approximate surface area is 69.8 Å². The summed E-state index contributed by atoms with van der Waals surface area (Å²) < 4.78 is 5.17. The summed E-state index contributed by atoms with van der Waals surface area (Å²) >= 11 is 0. The number of nitrogens with two attached hydrogens (primary N) is 2. The summed E-state index contributed by atoms with van der Waals surface area (Å²) in [6.07, 6.45) is 1.44. The quantitative estimate of drug-likeness (QED) is 0.373. The molecule has 0 unspecified atom stereocenters. The third-order valence-electron chi connectivity index (χ3n) is 1.12. The molecule has 1 aromatic rings. The van der Waals surface area contributed by atoms with Crippen molar-refractivity contribution in [3.05, 3.63) is 23.7 Å². The molecule has 0 aliphatic rings. The molecule has 4 N–H and O–H groups in total. The third-order valence-corrected chi connectivity index (χ3v) is 1.12. The highest BCUT2D eigenvalue weighted by Gasteiger charge is 1.91. The Hall–Kier alpha value is -1.78. The van der Waals surface area contributed by atoms with Crippen molar-refractivity contribution in [2.24, 2.45) is 21.7 Å². The van der Waals surface area contributed by atoms with E-state index in [2.05, 4.69) is 10.2 Å². The monoisotopic (exact) mass is 166 g/mol. The van der Waals surface area contributed by atoms with Gasteiger partial charge in [0.1, 0.15) is 11.5 Å². The highest BCUT2D eigenvalue weighted by molar-refractivity contribution is 5.79. The van der Waals surface area contributed by atoms with E-state index in [9.17, 15) is 0 Å². The van der Waals surface area contributed by atoms with Gasteiger partial charge < -0.3 is 15.9 Å². The van der Waals surface area contributed by atoms with Crippen LogP contribution in [-0.4, -0.2) is 12.2 Å². The van der Waals surface area contributed by atoms with E-state index in [1.165, 1.54) is 6.21 Å². The Kier molecular flexibility index (Phi) is 2.47. The van der Waals surface area contributed by atoms with Gasteiger partial charge in [-0.3, -0.25) is 0 Å². The van der Waals surface area contributed by atoms with Crippen molar-refractivity contribution in [3.8, 4) is 0 Å². The Morgan fingerprint density at radius 2 is 2.25 bits per heavy atom. The molecule has 1 heterocycles. The van der Waals surface area contributed by atoms with Gasteiger partial charge in [-0.25, -0.2) is 0 Å². The van der Waals surface area contributed by atoms with Crippen LogP contribution in [0.2, 0.25) is 0 Å². The smallest absolute Gasteiger partial charge is 0.211 e. The van der Waals surface area contributed by atoms with Crippen LogP contribution in [0.25, 0.3) is 0 Å². The molecule has 64 valence electrons. The van der Waals surface area contributed by atoms with Gasteiger partial charge in [0.2, 0.25) is 5.96 Å². The first-order chi connectivity index (χ1) is 5.68. The highest BCUT2D eigenvalue weighted by atomic mass is 16.3. The van der Waals surface area contributed by atoms with Crippen molar-refractivity contribution in [2.75, 3.05) is 0 Å². The van der Waals surface area contributed by atoms with Crippen LogP contribution in [0.3, 0.4) is 0 Å². The molecule has 0 amide bonds. The number of hydrogen-bond acceptors (Lipinski definition) is 3. The fourth-order valence-electron chi connectivity index (χ4n) is 0.675. The van der Waals surface area contributed by atoms with Crippen LogP contribution in [0.4, 0.5) is 0 Å². The second kappa shape index (κ2) is 3.56. The topological polar surface area (TPSA) is 89.9 Å². The lowest BCUT2D eigenvalue weighted by Gasteiger charge is -1.83. The van der Waals surface area contributed by atoms with E-state index in [-0.39, 0.29) is 5.96 Å². The molecule has 0 aliphatic carbocycles. The Morgan fingerprint density at radius 1 is 1.50 bits per heavy atom. The molecule has 0 saturated carbocycles. The molecule has 0 fully saturated rings. The minimum atomic E-state index is -0.0745. The third kappa shape index (κ3) is 2.45. The summed E-state index contributed by atoms with van der Waals surface area (Å²) in [5, 5.41) is 6.98. The maximum atomic E-state index is 5.17. The molecule has 12 heavy (non-hydrogen) atoms. The second-order valence-electron chi connectivity index (χ2n) is 2.22. The molecule has 5 heteroatoms. The lowest BCUT2D eigenvalue weighted by Crippen LogP contribution is -2.21. The summed E-state index contributed by atoms with van der Waals surface area (Å²) in [4.78, 5) is 0. The number of furan rings is 1. The Morgan fingerprint density at radius 3 is 2.75 bits per heavy atom. The largest absolute Gasteiger partial charge is 0.460 e. The van der Waals surface area contributed by atoms with E-state index >= 15 is 0 Å². The number of aryl methyl sites for hydroxylation is 1. The summed E-state index contributed by atoms with van der Waals surface area (Å²) in [6, 6.07) is 3.61. The van der Waals surface area contributed by atoms with Gasteiger partial charge in [-0.15, -0.1) is 5.10 Å². The van der Waals surface area contributed by atoms with Crippen molar-refractivity contribution >= 4 is 12.2 Å². The molecule has 1 rings (SSSR count). The first-order valence-corrected chi connectivity index (χ1v) is 3.37. The molecular weight excluding hydrogens is 156 g/mol. The first-order valence-electron chi connectivity index (χ1n) is 3.37. The summed E-state index contributed by atoms with van der Waals surface area (Å²) in [6.45, 7) is 1.85. The van der Waals surface area contributed by atoms with Crippen molar-refractivity contribution in [1.29, 1.82) is 0 Å². The Balaban J connectivity index is 2.64. The maximum Gasteiger partial charge on any atom is 0.211 e. The van der Waals surface area contributed by atoms with Gasteiger partial charge in [0, 0.05) is 0 Å². The van der Waals surface area contributed by atoms with Gasteiger partial charge in [0.15, 0.2) is 0 Å². The minimum absolute atomic E-state index is 0.0745. The van der Waals surface area contributed by atoms with Gasteiger partial charge >= 0.3 is 0 Å². The van der Waals surface area contributed by atoms with Crippen LogP contribution in [-0.2, 0) is 0 Å². The number of nitrogens with zero attached hydrogens (tertiary/aromatic N) is 2. The average Bonchev–Trinajstić information content (AvgIpc) is 2.35. The predicted molar refractivity (Wildman–Crippen MR) is 46.8 cm³/mol. The van der Waals surface area contributed by atoms with Crippen molar-refractivity contribution in [3.63, 3.8) is 0 Å². The zero-order valence-corrected chi connectivity index (χ0v) is 6.69. The summed E-state index contributed by atoms with van der Waals surface area (Å²) in [5.41, 5.74) is 10.1. The molecule has 0 bridgehead atoms. The number of rotatable bonds is 2. The average molecular weight is 166 g/mol. The second-order valence-corrected chi connectivity index (χ2v) is 2.22. The van der Waals surface area contributed by atoms with Crippen molar-refractivity contribution in [2.45, 2.75) is 6.92 Å². The molecular formula is C7H10N4O. The van der Waals surface area contributed by atoms with Crippen LogP contribution in [0.5, 0.6) is 0 Å². The minimum Gasteiger partial charge on any atom is -0.460 e. The van der Waals surface area contributed by atoms with Crippen LogP contribution in [0.15, 0.2) is 26.8 Å². The van der Waals surface area contributed by atoms with Gasteiger partial charge in [-0.05, 0) is 19.1 Å². The van der Waals surface area contributed by atoms with E-state index < -0.39 is 0 Å². The zero-order valence-electron chi connectivity index (χ0n) is 6.69. The predicted octanol–water partition coefficient (Wildman–Crippen LogP) is 0.195. The van der Waals surface area contributed by atoms with Crippen molar-refractivity contribution < 1.29 is 4.42 Å². The lowest BCUT2D eigenvalue weighted by molar-refractivity contribution is 0.528.